The van der Waals surface area contributed by atoms with Crippen LogP contribution in [-0.2, 0) is 18.4 Å². The first-order valence-corrected chi connectivity index (χ1v) is 9.68. The maximum Gasteiger partial charge on any atom is 0.260 e. The van der Waals surface area contributed by atoms with Crippen molar-refractivity contribution in [1.82, 2.24) is 14.8 Å². The second kappa shape index (κ2) is 6.84. The predicted octanol–water partition coefficient (Wildman–Crippen LogP) is 1.93. The zero-order chi connectivity index (χ0) is 19.1. The van der Waals surface area contributed by atoms with E-state index in [4.69, 9.17) is 9.47 Å². The molecule has 7 nitrogen and oxygen atoms in total. The van der Waals surface area contributed by atoms with Crippen molar-refractivity contribution in [2.45, 2.75) is 18.0 Å². The summed E-state index contributed by atoms with van der Waals surface area (Å²) < 4.78 is 12.7. The maximum atomic E-state index is 13.1. The van der Waals surface area contributed by atoms with E-state index in [1.165, 1.54) is 7.11 Å². The average molecular weight is 387 g/mol. The highest BCUT2D eigenvalue weighted by molar-refractivity contribution is 7.99. The molecule has 4 rings (SSSR count). The highest BCUT2D eigenvalue weighted by atomic mass is 32.2. The van der Waals surface area contributed by atoms with E-state index < -0.39 is 6.04 Å². The van der Waals surface area contributed by atoms with Crippen LogP contribution in [0, 0.1) is 0 Å². The Morgan fingerprint density at radius 3 is 2.78 bits per heavy atom. The summed E-state index contributed by atoms with van der Waals surface area (Å²) >= 11 is 1.60. The van der Waals surface area contributed by atoms with Gasteiger partial charge in [0.15, 0.2) is 11.5 Å². The Labute approximate surface area is 161 Å². The largest absolute Gasteiger partial charge is 0.493 e. The van der Waals surface area contributed by atoms with E-state index in [0.29, 0.717) is 29.4 Å². The molecule has 0 radical (unpaired) electrons. The Kier molecular flexibility index (Phi) is 4.51. The lowest BCUT2D eigenvalue weighted by molar-refractivity contribution is -0.124. The topological polar surface area (TPSA) is 72.8 Å². The van der Waals surface area contributed by atoms with Crippen LogP contribution in [0.4, 0.5) is 0 Å². The van der Waals surface area contributed by atoms with E-state index in [9.17, 15) is 9.59 Å². The molecule has 142 valence electrons. The number of aryl methyl sites for hydroxylation is 1. The molecule has 1 fully saturated rings. The Hall–Kier alpha value is -2.61. The number of benzene rings is 1. The first kappa shape index (κ1) is 17.8. The summed E-state index contributed by atoms with van der Waals surface area (Å²) in [7, 11) is 4.99. The number of carbonyl (C=O) groups is 2. The van der Waals surface area contributed by atoms with Gasteiger partial charge in [-0.05, 0) is 18.2 Å². The highest BCUT2D eigenvalue weighted by Gasteiger charge is 2.50. The SMILES string of the molecule is COc1ccc2c(c1OC)C(=O)N1[C@@H](C(=O)NCc3cccn3C)CS[C@@H]21. The van der Waals surface area contributed by atoms with Crippen LogP contribution in [-0.4, -0.2) is 47.3 Å². The number of ether oxygens (including phenoxy) is 2. The molecule has 0 bridgehead atoms. The van der Waals surface area contributed by atoms with Gasteiger partial charge >= 0.3 is 0 Å². The van der Waals surface area contributed by atoms with Gasteiger partial charge in [-0.15, -0.1) is 11.8 Å². The van der Waals surface area contributed by atoms with Gasteiger partial charge in [-0.1, -0.05) is 6.07 Å². The van der Waals surface area contributed by atoms with Crippen LogP contribution in [0.15, 0.2) is 30.5 Å². The molecule has 1 aromatic heterocycles. The summed E-state index contributed by atoms with van der Waals surface area (Å²) in [4.78, 5) is 27.6. The minimum absolute atomic E-state index is 0.140. The van der Waals surface area contributed by atoms with E-state index in [-0.39, 0.29) is 17.2 Å². The van der Waals surface area contributed by atoms with E-state index >= 15 is 0 Å². The Morgan fingerprint density at radius 1 is 1.30 bits per heavy atom. The van der Waals surface area contributed by atoms with Gasteiger partial charge in [-0.25, -0.2) is 0 Å². The van der Waals surface area contributed by atoms with Gasteiger partial charge < -0.3 is 24.3 Å². The third-order valence-electron chi connectivity index (χ3n) is 5.09. The average Bonchev–Trinajstić information content (AvgIpc) is 3.36. The molecule has 27 heavy (non-hydrogen) atoms. The van der Waals surface area contributed by atoms with Gasteiger partial charge in [0, 0.05) is 30.3 Å². The lowest BCUT2D eigenvalue weighted by atomic mass is 10.1. The molecule has 1 aromatic carbocycles. The summed E-state index contributed by atoms with van der Waals surface area (Å²) in [6, 6.07) is 7.08. The molecule has 2 aliphatic heterocycles. The second-order valence-electron chi connectivity index (χ2n) is 6.51. The zero-order valence-corrected chi connectivity index (χ0v) is 16.2. The standard InChI is InChI=1S/C19H21N3O4S/c1-21-8-4-5-11(21)9-20-17(23)13-10-27-19-12-6-7-14(25-2)16(26-3)15(12)18(24)22(13)19/h4-8,13,19H,9-10H2,1-3H3,(H,20,23)/t13-,19+/m1/s1. The van der Waals surface area contributed by atoms with Crippen molar-refractivity contribution in [1.29, 1.82) is 0 Å². The van der Waals surface area contributed by atoms with Crippen molar-refractivity contribution in [2.75, 3.05) is 20.0 Å². The Balaban J connectivity index is 1.57. The number of methoxy groups -OCH3 is 2. The number of fused-ring (bicyclic) bond motifs is 3. The van der Waals surface area contributed by atoms with Gasteiger partial charge in [0.2, 0.25) is 5.91 Å². The molecular weight excluding hydrogens is 366 g/mol. The minimum Gasteiger partial charge on any atom is -0.493 e. The van der Waals surface area contributed by atoms with Crippen molar-refractivity contribution < 1.29 is 19.1 Å². The summed E-state index contributed by atoms with van der Waals surface area (Å²) in [5, 5.41) is 2.79. The molecule has 8 heteroatoms. The van der Waals surface area contributed by atoms with Crippen molar-refractivity contribution in [3.63, 3.8) is 0 Å². The van der Waals surface area contributed by atoms with Gasteiger partial charge in [-0.3, -0.25) is 9.59 Å². The Bertz CT molecular complexity index is 910. The summed E-state index contributed by atoms with van der Waals surface area (Å²) in [5.74, 6) is 1.19. The fourth-order valence-corrected chi connectivity index (χ4v) is 5.13. The number of nitrogens with one attached hydrogen (secondary N) is 1. The van der Waals surface area contributed by atoms with Crippen molar-refractivity contribution in [3.05, 3.63) is 47.3 Å². The second-order valence-corrected chi connectivity index (χ2v) is 7.62. The fraction of sp³-hybridized carbons (Fsp3) is 0.368. The maximum absolute atomic E-state index is 13.1. The first-order chi connectivity index (χ1) is 13.1. The highest BCUT2D eigenvalue weighted by Crippen LogP contribution is 2.52. The lowest BCUT2D eigenvalue weighted by Gasteiger charge is -2.22. The van der Waals surface area contributed by atoms with Crippen LogP contribution >= 0.6 is 11.8 Å². The van der Waals surface area contributed by atoms with E-state index in [0.717, 1.165) is 11.3 Å². The monoisotopic (exact) mass is 387 g/mol. The molecule has 1 N–H and O–H groups in total. The predicted molar refractivity (Wildman–Crippen MR) is 102 cm³/mol. The van der Waals surface area contributed by atoms with Gasteiger partial charge in [0.25, 0.3) is 5.91 Å². The van der Waals surface area contributed by atoms with Gasteiger partial charge in [-0.2, -0.15) is 0 Å². The van der Waals surface area contributed by atoms with E-state index in [2.05, 4.69) is 5.32 Å². The number of nitrogens with zero attached hydrogens (tertiary/aromatic N) is 2. The summed E-state index contributed by atoms with van der Waals surface area (Å²) in [6.45, 7) is 0.431. The third-order valence-corrected chi connectivity index (χ3v) is 6.40. The molecule has 0 aliphatic carbocycles. The molecule has 2 aromatic rings. The van der Waals surface area contributed by atoms with Crippen LogP contribution in [0.2, 0.25) is 0 Å². The van der Waals surface area contributed by atoms with Crippen LogP contribution in [0.1, 0.15) is 27.0 Å². The normalized spacial score (nSPS) is 20.4. The molecule has 3 heterocycles. The molecule has 2 atom stereocenters. The van der Waals surface area contributed by atoms with Crippen molar-refractivity contribution in [2.24, 2.45) is 7.05 Å². The summed E-state index contributed by atoms with van der Waals surface area (Å²) in [5.41, 5.74) is 2.38. The van der Waals surface area contributed by atoms with E-state index in [1.807, 2.05) is 36.0 Å². The van der Waals surface area contributed by atoms with Crippen LogP contribution in [0.25, 0.3) is 0 Å². The van der Waals surface area contributed by atoms with E-state index in [1.54, 1.807) is 29.8 Å². The fourth-order valence-electron chi connectivity index (χ4n) is 3.67. The van der Waals surface area contributed by atoms with Crippen molar-refractivity contribution in [3.8, 4) is 11.5 Å². The number of rotatable bonds is 5. The number of aromatic nitrogens is 1. The molecule has 1 saturated heterocycles. The van der Waals surface area contributed by atoms with Crippen LogP contribution < -0.4 is 14.8 Å². The Morgan fingerprint density at radius 2 is 2.11 bits per heavy atom. The quantitative estimate of drug-likeness (QED) is 0.849. The van der Waals surface area contributed by atoms with Crippen molar-refractivity contribution >= 4 is 23.6 Å². The summed E-state index contributed by atoms with van der Waals surface area (Å²) in [6.07, 6.45) is 1.93. The minimum atomic E-state index is -0.504. The smallest absolute Gasteiger partial charge is 0.260 e. The number of hydrogen-bond donors (Lipinski definition) is 1. The molecule has 0 saturated carbocycles. The zero-order valence-electron chi connectivity index (χ0n) is 15.4. The molecule has 2 amide bonds. The number of carbonyl (C=O) groups excluding carboxylic acids is 2. The van der Waals surface area contributed by atoms with Crippen LogP contribution in [0.3, 0.4) is 0 Å². The number of amides is 2. The van der Waals surface area contributed by atoms with Gasteiger partial charge in [0.05, 0.1) is 26.3 Å². The lowest BCUT2D eigenvalue weighted by Crippen LogP contribution is -2.45. The molecule has 0 unspecified atom stereocenters. The molecule has 2 aliphatic rings. The first-order valence-electron chi connectivity index (χ1n) is 8.64. The molecular formula is C19H21N3O4S. The number of hydrogen-bond acceptors (Lipinski definition) is 5. The van der Waals surface area contributed by atoms with Gasteiger partial charge in [0.1, 0.15) is 11.4 Å². The number of thioether (sulfide) groups is 1. The molecule has 0 spiro atoms. The van der Waals surface area contributed by atoms with Crippen LogP contribution in [0.5, 0.6) is 11.5 Å². The third kappa shape index (κ3) is 2.75.